The molecule has 1 heterocycles. The number of nitrogens with zero attached hydrogens (tertiary/aromatic N) is 2. The van der Waals surface area contributed by atoms with E-state index < -0.39 is 27.0 Å². The zero-order chi connectivity index (χ0) is 21.0. The molecule has 0 spiro atoms. The highest BCUT2D eigenvalue weighted by Crippen LogP contribution is 2.27. The maximum absolute atomic E-state index is 12.5. The number of para-hydroxylation sites is 2. The quantitative estimate of drug-likeness (QED) is 0.544. The van der Waals surface area contributed by atoms with E-state index >= 15 is 0 Å². The third-order valence-electron chi connectivity index (χ3n) is 4.56. The summed E-state index contributed by atoms with van der Waals surface area (Å²) in [5, 5.41) is 13.7. The van der Waals surface area contributed by atoms with Crippen molar-refractivity contribution in [3.63, 3.8) is 0 Å². The Hall–Kier alpha value is -2.98. The van der Waals surface area contributed by atoms with Gasteiger partial charge < -0.3 is 10.1 Å². The maximum Gasteiger partial charge on any atom is 0.310 e. The number of nitro benzene ring substituents is 1. The molecule has 1 amide bonds. The SMILES string of the molecule is C[C@H](Oc1ccccc1[N+](=O)[O-])C(=O)Nc1ccc(S(=O)(=O)N2CCCC2)cc1. The summed E-state index contributed by atoms with van der Waals surface area (Å²) < 4.78 is 31.9. The van der Waals surface area contributed by atoms with Crippen molar-refractivity contribution in [3.05, 3.63) is 58.6 Å². The average molecular weight is 419 g/mol. The molecule has 154 valence electrons. The van der Waals surface area contributed by atoms with E-state index in [4.69, 9.17) is 4.74 Å². The van der Waals surface area contributed by atoms with Crippen LogP contribution in [0.3, 0.4) is 0 Å². The summed E-state index contributed by atoms with van der Waals surface area (Å²) in [7, 11) is -3.52. The minimum absolute atomic E-state index is 0.00722. The third-order valence-corrected chi connectivity index (χ3v) is 6.47. The molecule has 1 saturated heterocycles. The molecule has 1 N–H and O–H groups in total. The number of rotatable bonds is 7. The number of sulfonamides is 1. The summed E-state index contributed by atoms with van der Waals surface area (Å²) in [6.07, 6.45) is 0.708. The van der Waals surface area contributed by atoms with Crippen LogP contribution >= 0.6 is 0 Å². The number of hydrogen-bond donors (Lipinski definition) is 1. The van der Waals surface area contributed by atoms with Crippen LogP contribution in [0.5, 0.6) is 5.75 Å². The van der Waals surface area contributed by atoms with Gasteiger partial charge in [0.25, 0.3) is 5.91 Å². The van der Waals surface area contributed by atoms with E-state index in [1.807, 2.05) is 0 Å². The lowest BCUT2D eigenvalue weighted by Gasteiger charge is -2.16. The zero-order valence-corrected chi connectivity index (χ0v) is 16.6. The lowest BCUT2D eigenvalue weighted by Crippen LogP contribution is -2.30. The topological polar surface area (TPSA) is 119 Å². The van der Waals surface area contributed by atoms with Gasteiger partial charge in [-0.1, -0.05) is 12.1 Å². The van der Waals surface area contributed by atoms with Crippen molar-refractivity contribution in [2.75, 3.05) is 18.4 Å². The van der Waals surface area contributed by atoms with E-state index in [-0.39, 0.29) is 16.3 Å². The van der Waals surface area contributed by atoms with Crippen LogP contribution in [-0.2, 0) is 14.8 Å². The minimum Gasteiger partial charge on any atom is -0.474 e. The highest BCUT2D eigenvalue weighted by atomic mass is 32.2. The monoisotopic (exact) mass is 419 g/mol. The maximum atomic E-state index is 12.5. The van der Waals surface area contributed by atoms with Gasteiger partial charge in [-0.25, -0.2) is 8.42 Å². The molecule has 0 aromatic heterocycles. The van der Waals surface area contributed by atoms with Crippen LogP contribution in [0.2, 0.25) is 0 Å². The van der Waals surface area contributed by atoms with Crippen LogP contribution < -0.4 is 10.1 Å². The van der Waals surface area contributed by atoms with Crippen molar-refractivity contribution in [3.8, 4) is 5.75 Å². The minimum atomic E-state index is -3.52. The van der Waals surface area contributed by atoms with Gasteiger partial charge in [-0.3, -0.25) is 14.9 Å². The van der Waals surface area contributed by atoms with Gasteiger partial charge in [-0.2, -0.15) is 4.31 Å². The van der Waals surface area contributed by atoms with Crippen molar-refractivity contribution in [1.82, 2.24) is 4.31 Å². The molecule has 1 fully saturated rings. The van der Waals surface area contributed by atoms with Gasteiger partial charge in [0.15, 0.2) is 11.9 Å². The molecule has 0 aliphatic carbocycles. The van der Waals surface area contributed by atoms with Crippen LogP contribution in [-0.4, -0.2) is 42.7 Å². The van der Waals surface area contributed by atoms with Crippen LogP contribution in [0.4, 0.5) is 11.4 Å². The van der Waals surface area contributed by atoms with Crippen molar-refractivity contribution in [2.45, 2.75) is 30.8 Å². The number of carbonyl (C=O) groups excluding carboxylic acids is 1. The number of anilines is 1. The molecule has 0 saturated carbocycles. The molecular weight excluding hydrogens is 398 g/mol. The van der Waals surface area contributed by atoms with E-state index in [1.54, 1.807) is 6.07 Å². The summed E-state index contributed by atoms with van der Waals surface area (Å²) >= 11 is 0. The lowest BCUT2D eigenvalue weighted by molar-refractivity contribution is -0.386. The van der Waals surface area contributed by atoms with Crippen molar-refractivity contribution < 1.29 is 22.9 Å². The van der Waals surface area contributed by atoms with E-state index in [9.17, 15) is 23.3 Å². The first-order valence-electron chi connectivity index (χ1n) is 9.10. The summed E-state index contributed by atoms with van der Waals surface area (Å²) in [6, 6.07) is 11.7. The summed E-state index contributed by atoms with van der Waals surface area (Å²) in [5.41, 5.74) is 0.164. The molecule has 2 aromatic rings. The lowest BCUT2D eigenvalue weighted by atomic mass is 10.2. The van der Waals surface area contributed by atoms with E-state index in [2.05, 4.69) is 5.32 Å². The largest absolute Gasteiger partial charge is 0.474 e. The van der Waals surface area contributed by atoms with Crippen molar-refractivity contribution in [2.24, 2.45) is 0 Å². The second-order valence-electron chi connectivity index (χ2n) is 6.61. The van der Waals surface area contributed by atoms with Crippen molar-refractivity contribution >= 4 is 27.3 Å². The standard InChI is InChI=1S/C19H21N3O6S/c1-14(28-18-7-3-2-6-17(18)22(24)25)19(23)20-15-8-10-16(11-9-15)29(26,27)21-12-4-5-13-21/h2-3,6-11,14H,4-5,12-13H2,1H3,(H,20,23)/t14-/m0/s1. The number of carbonyl (C=O) groups is 1. The smallest absolute Gasteiger partial charge is 0.310 e. The molecule has 3 rings (SSSR count). The van der Waals surface area contributed by atoms with Gasteiger partial charge in [-0.05, 0) is 50.1 Å². The second kappa shape index (κ2) is 8.58. The van der Waals surface area contributed by atoms with E-state index in [0.717, 1.165) is 12.8 Å². The molecule has 1 atom stereocenters. The van der Waals surface area contributed by atoms with Gasteiger partial charge in [0, 0.05) is 24.8 Å². The molecule has 0 radical (unpaired) electrons. The third kappa shape index (κ3) is 4.72. The van der Waals surface area contributed by atoms with E-state index in [0.29, 0.717) is 18.8 Å². The number of benzene rings is 2. The predicted molar refractivity (Wildman–Crippen MR) is 106 cm³/mol. The first kappa shape index (κ1) is 20.7. The summed E-state index contributed by atoms with van der Waals surface area (Å²) in [5.74, 6) is -0.523. The average Bonchev–Trinajstić information content (AvgIpc) is 3.24. The molecule has 2 aromatic carbocycles. The van der Waals surface area contributed by atoms with E-state index in [1.165, 1.54) is 53.7 Å². The highest BCUT2D eigenvalue weighted by Gasteiger charge is 2.27. The zero-order valence-electron chi connectivity index (χ0n) is 15.8. The second-order valence-corrected chi connectivity index (χ2v) is 8.55. The van der Waals surface area contributed by atoms with Crippen LogP contribution in [0.15, 0.2) is 53.4 Å². The highest BCUT2D eigenvalue weighted by molar-refractivity contribution is 7.89. The van der Waals surface area contributed by atoms with Crippen LogP contribution in [0.1, 0.15) is 19.8 Å². The fraction of sp³-hybridized carbons (Fsp3) is 0.316. The fourth-order valence-corrected chi connectivity index (χ4v) is 4.50. The molecular formula is C19H21N3O6S. The summed E-state index contributed by atoms with van der Waals surface area (Å²) in [6.45, 7) is 2.50. The number of amides is 1. The number of nitro groups is 1. The van der Waals surface area contributed by atoms with Crippen LogP contribution in [0.25, 0.3) is 0 Å². The first-order chi connectivity index (χ1) is 13.8. The Labute approximate surface area is 168 Å². The Morgan fingerprint density at radius 3 is 2.38 bits per heavy atom. The molecule has 29 heavy (non-hydrogen) atoms. The predicted octanol–water partition coefficient (Wildman–Crippen LogP) is 2.79. The normalized spacial score (nSPS) is 15.6. The Bertz CT molecular complexity index is 1000. The Morgan fingerprint density at radius 1 is 1.14 bits per heavy atom. The Morgan fingerprint density at radius 2 is 1.76 bits per heavy atom. The van der Waals surface area contributed by atoms with Gasteiger partial charge >= 0.3 is 5.69 Å². The molecule has 0 unspecified atom stereocenters. The first-order valence-corrected chi connectivity index (χ1v) is 10.5. The molecule has 10 heteroatoms. The Balaban J connectivity index is 1.65. The molecule has 0 bridgehead atoms. The van der Waals surface area contributed by atoms with Crippen molar-refractivity contribution in [1.29, 1.82) is 0 Å². The van der Waals surface area contributed by atoms with Crippen LogP contribution in [0, 0.1) is 10.1 Å². The molecule has 9 nitrogen and oxygen atoms in total. The number of ether oxygens (including phenoxy) is 1. The van der Waals surface area contributed by atoms with Gasteiger partial charge in [-0.15, -0.1) is 0 Å². The molecule has 1 aliphatic rings. The Kier molecular flexibility index (Phi) is 6.14. The van der Waals surface area contributed by atoms with Gasteiger partial charge in [0.05, 0.1) is 9.82 Å². The molecule has 1 aliphatic heterocycles. The number of nitrogens with one attached hydrogen (secondary N) is 1. The fourth-order valence-electron chi connectivity index (χ4n) is 2.98. The van der Waals surface area contributed by atoms with Gasteiger partial charge in [0.1, 0.15) is 0 Å². The number of hydrogen-bond acceptors (Lipinski definition) is 6. The van der Waals surface area contributed by atoms with Gasteiger partial charge in [0.2, 0.25) is 10.0 Å². The summed E-state index contributed by atoms with van der Waals surface area (Å²) in [4.78, 5) is 23.0.